The lowest BCUT2D eigenvalue weighted by Crippen LogP contribution is -2.70. The molecule has 0 bridgehead atoms. The molecule has 1 aromatic heterocycles. The lowest BCUT2D eigenvalue weighted by molar-refractivity contribution is -0.388. The maximum absolute atomic E-state index is 13.3. The standard InChI is InChI=1S/C46H73N3O74S16/c50-124(51,52)99-15-22-27(113-129(65,66)67)32(109-44-39(121-137(89,90)91)33(28(114-130(68,69)70)23(106-44)16-100-125(53,54)55)111-46-41(123-139(95,96)97)36(119-135(83,84)85)31(117-133(77,78)79)26(108-46)19-103-128(62,63)64)38(120-136(86,87)88)43(105-22)110-34-29(115-131(71,72)73)24(17-101-126(56,57)58)107-45(40(34)122-138(92,93)94)112-37-35(118-134(80,81)82)30(116-132(74,75)76)25(18-102-127(59,60)61)104-42(37)98-13-9-4-2-1-3-8-12-49-14-21(47-48-49)20-10-6-5-7-11-20/h5-7,10-11,14,22-46H,1-4,8-9,12-13,15-19H2,(H,50,51,52)(H,53,54,55)(H,56,57,58)(H,59,60,61)(H,62,63,64)(H,65,66,67)(H,68,69,70)(H,71,72,73)(H,74,75,76)(H,77,78,79)(H,80,81,82)(H,83,84,85)(H,86,87,88)(H,89,90,91)(H,92,93,94)(H,95,96,97)/p-16/t22-,23-,24-,25-,26-,27-,28-,29-,30-,31-,32+,33+,34+,35+,36+,37+,38+,39+,40+,41+,42+,43-,44-,45-,46-/m1/s1. The van der Waals surface area contributed by atoms with Gasteiger partial charge in [-0.2, -0.15) is 0 Å². The Labute approximate surface area is 783 Å². The van der Waals surface area contributed by atoms with Gasteiger partial charge in [-0.15, -0.1) is 5.10 Å². The number of rotatable bonds is 56. The molecule has 5 saturated heterocycles. The van der Waals surface area contributed by atoms with Gasteiger partial charge in [-0.25, -0.2) is 135 Å². The number of nitrogens with zero attached hydrogens (tertiary/aromatic N) is 3. The average molecular weight is 2350 g/mol. The highest BCUT2D eigenvalue weighted by Crippen LogP contribution is 2.44. The van der Waals surface area contributed by atoms with Crippen LogP contribution in [0, 0.1) is 0 Å². The maximum Gasteiger partial charge on any atom is 0.218 e. The van der Waals surface area contributed by atoms with Crippen LogP contribution in [0.3, 0.4) is 0 Å². The van der Waals surface area contributed by atoms with Crippen molar-refractivity contribution >= 4 is 166 Å². The molecule has 7 rings (SSSR count). The van der Waals surface area contributed by atoms with Crippen LogP contribution in [0.4, 0.5) is 0 Å². The summed E-state index contributed by atoms with van der Waals surface area (Å²) in [6.45, 7) is -13.6. The van der Waals surface area contributed by atoms with Crippen molar-refractivity contribution in [2.24, 2.45) is 0 Å². The Morgan fingerprint density at radius 2 is 0.460 bits per heavy atom. The quantitative estimate of drug-likeness (QED) is 0.0337. The highest BCUT2D eigenvalue weighted by molar-refractivity contribution is 7.84. The molecule has 0 N–H and O–H groups in total. The Morgan fingerprint density at radius 1 is 0.245 bits per heavy atom. The minimum absolute atomic E-state index is 0.0831. The van der Waals surface area contributed by atoms with Gasteiger partial charge in [0.1, 0.15) is 103 Å². The number of hydrogen-bond donors (Lipinski definition) is 0. The summed E-state index contributed by atoms with van der Waals surface area (Å²) in [5.41, 5.74) is 1.14. The molecule has 5 aliphatic heterocycles. The van der Waals surface area contributed by atoms with Crippen molar-refractivity contribution in [3.63, 3.8) is 0 Å². The second-order valence-electron chi connectivity index (χ2n) is 27.0. The molecule has 2 aromatic rings. The Morgan fingerprint density at radius 3 is 0.727 bits per heavy atom. The zero-order valence-corrected chi connectivity index (χ0v) is 79.2. The maximum atomic E-state index is 13.3. The van der Waals surface area contributed by atoms with Crippen molar-refractivity contribution in [3.05, 3.63) is 36.5 Å². The third kappa shape index (κ3) is 44.1. The third-order valence-electron chi connectivity index (χ3n) is 17.2. The van der Waals surface area contributed by atoms with Crippen LogP contribution in [-0.2, 0) is 287 Å². The molecule has 0 amide bonds. The van der Waals surface area contributed by atoms with E-state index in [0.717, 1.165) is 0 Å². The van der Waals surface area contributed by atoms with E-state index in [4.69, 9.17) is 47.4 Å². The zero-order valence-electron chi connectivity index (χ0n) is 66.2. The van der Waals surface area contributed by atoms with E-state index in [1.165, 1.54) is 4.68 Å². The second-order valence-corrected chi connectivity index (χ2v) is 43.3. The number of ether oxygens (including phenoxy) is 10. The molecule has 0 unspecified atom stereocenters. The molecule has 812 valence electrons. The summed E-state index contributed by atoms with van der Waals surface area (Å²) in [4.78, 5) is 0. The summed E-state index contributed by atoms with van der Waals surface area (Å²) in [5.74, 6) is 0. The molecule has 139 heavy (non-hydrogen) atoms. The van der Waals surface area contributed by atoms with Crippen molar-refractivity contribution in [1.29, 1.82) is 0 Å². The highest BCUT2D eigenvalue weighted by atomic mass is 32.3. The molecule has 93 heteroatoms. The van der Waals surface area contributed by atoms with Gasteiger partial charge in [-0.05, 0) is 12.8 Å². The van der Waals surface area contributed by atoms with Crippen LogP contribution in [0.5, 0.6) is 0 Å². The first-order chi connectivity index (χ1) is 62.8. The van der Waals surface area contributed by atoms with Gasteiger partial charge in [-0.1, -0.05) is 61.2 Å². The molecule has 0 aliphatic carbocycles. The van der Waals surface area contributed by atoms with Gasteiger partial charge in [0.2, 0.25) is 166 Å². The summed E-state index contributed by atoms with van der Waals surface area (Å²) >= 11 is 0. The van der Waals surface area contributed by atoms with Crippen molar-refractivity contribution in [1.82, 2.24) is 15.0 Å². The van der Waals surface area contributed by atoms with E-state index in [1.54, 1.807) is 36.5 Å². The van der Waals surface area contributed by atoms with E-state index >= 15 is 0 Å². The van der Waals surface area contributed by atoms with Crippen LogP contribution in [-0.4, -0.2) is 416 Å². The molecule has 77 nitrogen and oxygen atoms in total. The monoisotopic (exact) mass is 2350 g/mol. The first kappa shape index (κ1) is 122. The Bertz CT molecular complexity index is 6500. The zero-order chi connectivity index (χ0) is 105. The first-order valence-corrected chi connectivity index (χ1v) is 56.7. The Balaban J connectivity index is 1.52. The van der Waals surface area contributed by atoms with Crippen LogP contribution in [0.25, 0.3) is 11.3 Å². The summed E-state index contributed by atoms with van der Waals surface area (Å²) in [7, 11) is -111. The van der Waals surface area contributed by atoms with Gasteiger partial charge in [0.05, 0.1) is 39.2 Å². The largest absolute Gasteiger partial charge is 0.726 e. The predicted molar refractivity (Wildman–Crippen MR) is 380 cm³/mol. The number of aryl methyl sites for hydroxylation is 1. The summed E-state index contributed by atoms with van der Waals surface area (Å²) in [6.07, 6.45) is -98.1. The molecular formula is C46H57N3O74S16-16. The normalized spacial score (nSPS) is 30.4. The van der Waals surface area contributed by atoms with Crippen molar-refractivity contribution in [3.8, 4) is 11.3 Å². The summed E-state index contributed by atoms with van der Waals surface area (Å²) in [5, 5.41) is 8.07. The molecule has 0 spiro atoms. The van der Waals surface area contributed by atoms with Crippen LogP contribution in [0.15, 0.2) is 36.5 Å². The van der Waals surface area contributed by atoms with Gasteiger partial charge in [-0.3, -0.25) is 71.6 Å². The summed E-state index contributed by atoms with van der Waals surface area (Å²) < 4.78 is 723. The molecule has 0 saturated carbocycles. The van der Waals surface area contributed by atoms with Crippen LogP contribution >= 0.6 is 0 Å². The van der Waals surface area contributed by atoms with Gasteiger partial charge >= 0.3 is 0 Å². The molecule has 5 fully saturated rings. The fraction of sp³-hybridized carbons (Fsp3) is 0.826. The van der Waals surface area contributed by atoms with Crippen molar-refractivity contribution in [2.45, 2.75) is 199 Å². The highest BCUT2D eigenvalue weighted by Gasteiger charge is 2.63. The van der Waals surface area contributed by atoms with E-state index in [1.807, 2.05) is 0 Å². The SMILES string of the molecule is O=S(=O)([O-])OC[C@H]1O[C@H](OCCCCCCCCn2cc(-c3ccccc3)nn2)[C@@H](O[C@H]2O[C@H](COS(=O)(=O)[O-])[C@@H](OS(=O)(=O)[O-])[C@H](O[C@H]3O[C@H](COS(=O)(=O)[O-])[C@@H](OS(=O)(=O)[O-])[C@H](O[C@H]4O[C@H](COS(=O)(=O)[O-])[C@@H](OS(=O)(=O)[O-])[C@H](O[C@H]5O[C@H](COS(=O)(=O)[O-])[C@@H](OS(=O)(=O)[O-])[C@H](OS(=O)(=O)[O-])[C@@H]5OS(=O)(=O)[O-])[C@@H]4OS(=O)(=O)[O-])[C@@H]3OS(=O)(=O)[O-])[C@@H]2OS(=O)(=O)[O-])[C@@H](OS(=O)(=O)[O-])[C@@H]1OS(=O)(=O)[O-]. The lowest BCUT2D eigenvalue weighted by Gasteiger charge is -2.52. The van der Waals surface area contributed by atoms with E-state index in [9.17, 15) is 208 Å². The van der Waals surface area contributed by atoms with Crippen LogP contribution in [0.2, 0.25) is 0 Å². The number of hydrogen-bond acceptors (Lipinski definition) is 76. The van der Waals surface area contributed by atoms with Crippen molar-refractivity contribution < 1.29 is 322 Å². The van der Waals surface area contributed by atoms with Gasteiger partial charge in [0.15, 0.2) is 55.9 Å². The molecule has 1 aromatic carbocycles. The second kappa shape index (κ2) is 47.6. The number of benzene rings is 1. The molecule has 5 aliphatic rings. The van der Waals surface area contributed by atoms with E-state index < -0.39 is 366 Å². The number of unbranched alkanes of at least 4 members (excludes halogenated alkanes) is 5. The topological polar surface area (TPSA) is 1190 Å². The van der Waals surface area contributed by atoms with Crippen molar-refractivity contribution in [2.75, 3.05) is 39.6 Å². The third-order valence-corrected chi connectivity index (χ3v) is 24.4. The molecule has 25 atom stereocenters. The van der Waals surface area contributed by atoms with E-state index in [0.29, 0.717) is 24.1 Å². The molecular weight excluding hydrogens is 2290 g/mol. The Kier molecular flexibility index (Phi) is 41.7. The number of aromatic nitrogens is 3. The minimum atomic E-state index is -7.49. The average Bonchev–Trinajstić information content (AvgIpc) is 0.870. The van der Waals surface area contributed by atoms with E-state index in [-0.39, 0.29) is 25.8 Å². The van der Waals surface area contributed by atoms with Gasteiger partial charge in [0.25, 0.3) is 0 Å². The molecule has 6 heterocycles. The van der Waals surface area contributed by atoms with Gasteiger partial charge in [0, 0.05) is 18.7 Å². The first-order valence-electron chi connectivity index (χ1n) is 35.3. The fourth-order valence-corrected chi connectivity index (χ4v) is 19.7. The fourth-order valence-electron chi connectivity index (χ4n) is 12.8. The summed E-state index contributed by atoms with van der Waals surface area (Å²) in [6, 6.07) is 8.56. The molecule has 0 radical (unpaired) electrons. The predicted octanol–water partition coefficient (Wildman–Crippen LogP) is -15.8. The smallest absolute Gasteiger partial charge is 0.218 e. The van der Waals surface area contributed by atoms with E-state index in [2.05, 4.69) is 77.2 Å². The van der Waals surface area contributed by atoms with Crippen LogP contribution in [0.1, 0.15) is 38.5 Å². The van der Waals surface area contributed by atoms with Crippen LogP contribution < -0.4 is 0 Å². The minimum Gasteiger partial charge on any atom is -0.726 e. The lowest BCUT2D eigenvalue weighted by atomic mass is 9.95. The Hall–Kier alpha value is -4.12. The van der Waals surface area contributed by atoms with Gasteiger partial charge < -0.3 is 120 Å².